The maximum Gasteiger partial charge on any atom is 0.119 e. The zero-order valence-electron chi connectivity index (χ0n) is 13.3. The molecule has 0 bridgehead atoms. The normalized spacial score (nSPS) is 25.8. The van der Waals surface area contributed by atoms with Crippen LogP contribution < -0.4 is 10.5 Å². The number of likely N-dealkylation sites (tertiary alicyclic amines) is 1. The minimum absolute atomic E-state index is 0.0523. The molecule has 0 spiro atoms. The van der Waals surface area contributed by atoms with Crippen LogP contribution in [-0.4, -0.2) is 42.4 Å². The smallest absolute Gasteiger partial charge is 0.119 e. The molecule has 4 atom stereocenters. The Bertz CT molecular complexity index is 452. The number of nitrogens with zero attached hydrogens (tertiary/aromatic N) is 1. The second-order valence-electron chi connectivity index (χ2n) is 6.05. The Morgan fingerprint density at radius 1 is 1.48 bits per heavy atom. The Balaban J connectivity index is 2.34. The van der Waals surface area contributed by atoms with E-state index in [2.05, 4.69) is 30.9 Å². The van der Waals surface area contributed by atoms with Gasteiger partial charge >= 0.3 is 0 Å². The van der Waals surface area contributed by atoms with Gasteiger partial charge in [0.2, 0.25) is 0 Å². The van der Waals surface area contributed by atoms with E-state index in [9.17, 15) is 5.11 Å². The van der Waals surface area contributed by atoms with Crippen LogP contribution in [0.3, 0.4) is 0 Å². The molecule has 118 valence electrons. The van der Waals surface area contributed by atoms with E-state index < -0.39 is 0 Å². The summed E-state index contributed by atoms with van der Waals surface area (Å²) in [5.74, 6) is 1.36. The molecule has 1 aromatic carbocycles. The van der Waals surface area contributed by atoms with Gasteiger partial charge in [0.15, 0.2) is 0 Å². The molecule has 4 nitrogen and oxygen atoms in total. The summed E-state index contributed by atoms with van der Waals surface area (Å²) in [7, 11) is 1.68. The molecule has 1 aliphatic heterocycles. The average molecular weight is 292 g/mol. The fourth-order valence-corrected chi connectivity index (χ4v) is 3.40. The van der Waals surface area contributed by atoms with Gasteiger partial charge in [-0.1, -0.05) is 26.0 Å². The van der Waals surface area contributed by atoms with Gasteiger partial charge in [-0.25, -0.2) is 0 Å². The van der Waals surface area contributed by atoms with Crippen molar-refractivity contribution < 1.29 is 9.84 Å². The van der Waals surface area contributed by atoms with E-state index in [1.54, 1.807) is 7.11 Å². The Labute approximate surface area is 127 Å². The number of rotatable bonds is 6. The lowest BCUT2D eigenvalue weighted by molar-refractivity contribution is 0.0893. The van der Waals surface area contributed by atoms with Crippen molar-refractivity contribution in [3.63, 3.8) is 0 Å². The lowest BCUT2D eigenvalue weighted by Gasteiger charge is -2.37. The summed E-state index contributed by atoms with van der Waals surface area (Å²) >= 11 is 0. The Kier molecular flexibility index (Phi) is 5.62. The lowest BCUT2D eigenvalue weighted by Crippen LogP contribution is -2.45. The fraction of sp³-hybridized carbons (Fsp3) is 0.647. The lowest BCUT2D eigenvalue weighted by atomic mass is 9.94. The molecule has 0 aromatic heterocycles. The van der Waals surface area contributed by atoms with E-state index in [0.717, 1.165) is 25.1 Å². The number of benzene rings is 1. The Hall–Kier alpha value is -1.10. The monoisotopic (exact) mass is 292 g/mol. The SMILES string of the molecule is CCC(N)C(c1cccc(OC)c1)N1CCC(C)C1CO. The number of methoxy groups -OCH3 is 1. The molecular weight excluding hydrogens is 264 g/mol. The number of aliphatic hydroxyl groups is 1. The maximum atomic E-state index is 9.75. The molecule has 2 rings (SSSR count). The van der Waals surface area contributed by atoms with Gasteiger partial charge in [0.25, 0.3) is 0 Å². The number of nitrogens with two attached hydrogens (primary N) is 1. The van der Waals surface area contributed by atoms with Crippen LogP contribution >= 0.6 is 0 Å². The van der Waals surface area contributed by atoms with Gasteiger partial charge in [0.1, 0.15) is 5.75 Å². The van der Waals surface area contributed by atoms with Crippen molar-refractivity contribution >= 4 is 0 Å². The first-order chi connectivity index (χ1) is 10.1. The quantitative estimate of drug-likeness (QED) is 0.844. The molecule has 4 unspecified atom stereocenters. The van der Waals surface area contributed by atoms with Crippen molar-refractivity contribution in [2.45, 2.75) is 44.8 Å². The minimum atomic E-state index is 0.0523. The van der Waals surface area contributed by atoms with Gasteiger partial charge in [0, 0.05) is 12.1 Å². The highest BCUT2D eigenvalue weighted by Crippen LogP contribution is 2.35. The molecule has 1 fully saturated rings. The van der Waals surface area contributed by atoms with Crippen LogP contribution in [0.2, 0.25) is 0 Å². The summed E-state index contributed by atoms with van der Waals surface area (Å²) in [6.45, 7) is 5.51. The zero-order valence-corrected chi connectivity index (χ0v) is 13.3. The van der Waals surface area contributed by atoms with E-state index in [0.29, 0.717) is 5.92 Å². The third-order valence-corrected chi connectivity index (χ3v) is 4.78. The predicted molar refractivity (Wildman–Crippen MR) is 85.4 cm³/mol. The van der Waals surface area contributed by atoms with Gasteiger partial charge in [-0.05, 0) is 43.0 Å². The second kappa shape index (κ2) is 7.25. The minimum Gasteiger partial charge on any atom is -0.497 e. The molecule has 1 aliphatic rings. The van der Waals surface area contributed by atoms with Crippen molar-refractivity contribution in [2.24, 2.45) is 11.7 Å². The molecule has 0 saturated carbocycles. The van der Waals surface area contributed by atoms with E-state index >= 15 is 0 Å². The topological polar surface area (TPSA) is 58.7 Å². The Morgan fingerprint density at radius 2 is 2.24 bits per heavy atom. The zero-order chi connectivity index (χ0) is 15.4. The van der Waals surface area contributed by atoms with Crippen LogP contribution in [0.5, 0.6) is 5.75 Å². The third-order valence-electron chi connectivity index (χ3n) is 4.78. The molecule has 1 saturated heterocycles. The first kappa shape index (κ1) is 16.3. The summed E-state index contributed by atoms with van der Waals surface area (Å²) in [6, 6.07) is 8.52. The van der Waals surface area contributed by atoms with Crippen LogP contribution in [0.15, 0.2) is 24.3 Å². The van der Waals surface area contributed by atoms with Gasteiger partial charge in [-0.2, -0.15) is 0 Å². The largest absolute Gasteiger partial charge is 0.497 e. The van der Waals surface area contributed by atoms with Gasteiger partial charge in [-0.3, -0.25) is 4.90 Å². The first-order valence-corrected chi connectivity index (χ1v) is 7.88. The van der Waals surface area contributed by atoms with Crippen LogP contribution in [0.4, 0.5) is 0 Å². The van der Waals surface area contributed by atoms with Crippen molar-refractivity contribution in [1.82, 2.24) is 4.90 Å². The summed E-state index contributed by atoms with van der Waals surface area (Å²) in [4.78, 5) is 2.38. The second-order valence-corrected chi connectivity index (χ2v) is 6.05. The first-order valence-electron chi connectivity index (χ1n) is 7.88. The van der Waals surface area contributed by atoms with Gasteiger partial charge < -0.3 is 15.6 Å². The number of ether oxygens (including phenoxy) is 1. The van der Waals surface area contributed by atoms with Crippen LogP contribution in [0, 0.1) is 5.92 Å². The van der Waals surface area contributed by atoms with E-state index in [-0.39, 0.29) is 24.7 Å². The van der Waals surface area contributed by atoms with E-state index in [1.165, 1.54) is 5.56 Å². The number of aliphatic hydroxyl groups excluding tert-OH is 1. The molecule has 0 aliphatic carbocycles. The summed E-state index contributed by atoms with van der Waals surface area (Å²) in [5.41, 5.74) is 7.60. The Morgan fingerprint density at radius 3 is 2.86 bits per heavy atom. The summed E-state index contributed by atoms with van der Waals surface area (Å²) < 4.78 is 5.35. The highest BCUT2D eigenvalue weighted by Gasteiger charge is 2.37. The van der Waals surface area contributed by atoms with Crippen molar-refractivity contribution in [3.05, 3.63) is 29.8 Å². The molecule has 3 N–H and O–H groups in total. The summed E-state index contributed by atoms with van der Waals surface area (Å²) in [6.07, 6.45) is 2.02. The van der Waals surface area contributed by atoms with Crippen LogP contribution in [-0.2, 0) is 0 Å². The molecule has 1 aromatic rings. The van der Waals surface area contributed by atoms with Crippen molar-refractivity contribution in [1.29, 1.82) is 0 Å². The van der Waals surface area contributed by atoms with Crippen LogP contribution in [0.1, 0.15) is 38.3 Å². The van der Waals surface area contributed by atoms with Crippen LogP contribution in [0.25, 0.3) is 0 Å². The number of hydrogen-bond acceptors (Lipinski definition) is 4. The van der Waals surface area contributed by atoms with E-state index in [4.69, 9.17) is 10.5 Å². The van der Waals surface area contributed by atoms with Gasteiger partial charge in [0.05, 0.1) is 19.8 Å². The molecular formula is C17H28N2O2. The fourth-order valence-electron chi connectivity index (χ4n) is 3.40. The summed E-state index contributed by atoms with van der Waals surface area (Å²) in [5, 5.41) is 9.75. The molecule has 4 heteroatoms. The average Bonchev–Trinajstić information content (AvgIpc) is 2.88. The maximum absolute atomic E-state index is 9.75. The van der Waals surface area contributed by atoms with Gasteiger partial charge in [-0.15, -0.1) is 0 Å². The standard InChI is InChI=1S/C17H28N2O2/c1-4-15(18)17(13-6-5-7-14(10-13)21-3)19-9-8-12(2)16(19)11-20/h5-7,10,12,15-17,20H,4,8-9,11,18H2,1-3H3. The van der Waals surface area contributed by atoms with E-state index in [1.807, 2.05) is 12.1 Å². The molecule has 21 heavy (non-hydrogen) atoms. The third kappa shape index (κ3) is 3.39. The van der Waals surface area contributed by atoms with Crippen molar-refractivity contribution in [2.75, 3.05) is 20.3 Å². The highest BCUT2D eigenvalue weighted by molar-refractivity contribution is 5.31. The molecule has 1 heterocycles. The predicted octanol–water partition coefficient (Wildman–Crippen LogP) is 2.18. The van der Waals surface area contributed by atoms with Crippen molar-refractivity contribution in [3.8, 4) is 5.75 Å². The molecule has 0 amide bonds. The highest BCUT2D eigenvalue weighted by atomic mass is 16.5. The number of hydrogen-bond donors (Lipinski definition) is 2. The molecule has 0 radical (unpaired) electrons.